The molecule has 17 heavy (non-hydrogen) atoms. The van der Waals surface area contributed by atoms with Crippen LogP contribution in [0.4, 0.5) is 0 Å². The smallest absolute Gasteiger partial charge is 0.351 e. The molecule has 0 spiro atoms. The van der Waals surface area contributed by atoms with E-state index in [0.717, 1.165) is 12.5 Å². The number of hydrogen-bond donors (Lipinski definition) is 0. The zero-order chi connectivity index (χ0) is 12.9. The lowest BCUT2D eigenvalue weighted by Crippen LogP contribution is -2.49. The molecule has 0 aromatic carbocycles. The van der Waals surface area contributed by atoms with Gasteiger partial charge < -0.3 is 9.47 Å². The highest BCUT2D eigenvalue weighted by Crippen LogP contribution is 2.56. The molecule has 1 aliphatic carbocycles. The van der Waals surface area contributed by atoms with Gasteiger partial charge in [0.2, 0.25) is 5.60 Å². The van der Waals surface area contributed by atoms with Crippen LogP contribution in [0.15, 0.2) is 12.7 Å². The number of ether oxygens (including phenoxy) is 2. The average molecular weight is 238 g/mol. The molecule has 2 fully saturated rings. The van der Waals surface area contributed by atoms with E-state index in [-0.39, 0.29) is 5.41 Å². The van der Waals surface area contributed by atoms with Crippen molar-refractivity contribution in [1.29, 1.82) is 0 Å². The first-order valence-corrected chi connectivity index (χ1v) is 5.84. The first-order chi connectivity index (χ1) is 7.75. The number of hydrogen-bond acceptors (Lipinski definition) is 4. The third-order valence-electron chi connectivity index (χ3n) is 4.36. The van der Waals surface area contributed by atoms with Crippen LogP contribution >= 0.6 is 0 Å². The average Bonchev–Trinajstić information content (AvgIpc) is 2.46. The molecular weight excluding hydrogens is 220 g/mol. The van der Waals surface area contributed by atoms with Crippen molar-refractivity contribution in [3.8, 4) is 0 Å². The molecule has 0 radical (unpaired) electrons. The normalized spacial score (nSPS) is 38.4. The molecule has 0 aromatic rings. The molecule has 2 aliphatic rings. The van der Waals surface area contributed by atoms with Gasteiger partial charge in [0.05, 0.1) is 0 Å². The Kier molecular flexibility index (Phi) is 2.39. The first kappa shape index (κ1) is 12.1. The van der Waals surface area contributed by atoms with Crippen LogP contribution in [0.25, 0.3) is 0 Å². The van der Waals surface area contributed by atoms with Crippen molar-refractivity contribution < 1.29 is 19.1 Å². The summed E-state index contributed by atoms with van der Waals surface area (Å²) < 4.78 is 10.7. The second-order valence-electron chi connectivity index (χ2n) is 5.80. The highest BCUT2D eigenvalue weighted by atomic mass is 16.6. The molecule has 4 heteroatoms. The lowest BCUT2D eigenvalue weighted by Gasteiger charge is -2.44. The molecule has 4 nitrogen and oxygen atoms in total. The van der Waals surface area contributed by atoms with E-state index in [4.69, 9.17) is 9.47 Å². The van der Waals surface area contributed by atoms with Gasteiger partial charge in [0, 0.05) is 17.9 Å². The summed E-state index contributed by atoms with van der Waals surface area (Å²) in [5, 5.41) is 0. The second-order valence-corrected chi connectivity index (χ2v) is 5.80. The van der Waals surface area contributed by atoms with Crippen LogP contribution < -0.4 is 0 Å². The molecule has 0 aromatic heterocycles. The monoisotopic (exact) mass is 238 g/mol. The number of fused-ring (bicyclic) bond motifs is 2. The van der Waals surface area contributed by atoms with E-state index in [1.54, 1.807) is 0 Å². The van der Waals surface area contributed by atoms with Crippen molar-refractivity contribution in [2.45, 2.75) is 51.2 Å². The van der Waals surface area contributed by atoms with Gasteiger partial charge in [-0.3, -0.25) is 0 Å². The maximum Gasteiger partial charge on any atom is 0.351 e. The maximum absolute atomic E-state index is 12.0. The minimum atomic E-state index is -1.09. The quantitative estimate of drug-likeness (QED) is 0.545. The Morgan fingerprint density at radius 2 is 2.06 bits per heavy atom. The van der Waals surface area contributed by atoms with E-state index >= 15 is 0 Å². The molecule has 0 amide bonds. The van der Waals surface area contributed by atoms with Crippen molar-refractivity contribution in [2.75, 3.05) is 0 Å². The van der Waals surface area contributed by atoms with E-state index in [1.165, 1.54) is 0 Å². The summed E-state index contributed by atoms with van der Waals surface area (Å²) in [6.07, 6.45) is 2.83. The molecule has 1 heterocycles. The summed E-state index contributed by atoms with van der Waals surface area (Å²) >= 11 is 0. The zero-order valence-electron chi connectivity index (χ0n) is 10.5. The molecule has 2 bridgehead atoms. The first-order valence-electron chi connectivity index (χ1n) is 5.84. The van der Waals surface area contributed by atoms with E-state index in [1.807, 2.05) is 6.92 Å². The van der Waals surface area contributed by atoms with E-state index < -0.39 is 23.1 Å². The summed E-state index contributed by atoms with van der Waals surface area (Å²) in [6.45, 7) is 9.41. The highest BCUT2D eigenvalue weighted by Gasteiger charge is 2.66. The van der Waals surface area contributed by atoms with E-state index in [9.17, 15) is 9.59 Å². The lowest BCUT2D eigenvalue weighted by molar-refractivity contribution is -0.170. The van der Waals surface area contributed by atoms with Gasteiger partial charge >= 0.3 is 11.9 Å². The summed E-state index contributed by atoms with van der Waals surface area (Å²) in [5.74, 6) is -0.980. The van der Waals surface area contributed by atoms with Crippen LogP contribution in [0.2, 0.25) is 0 Å². The summed E-state index contributed by atoms with van der Waals surface area (Å²) in [6, 6.07) is 0. The molecule has 2 rings (SSSR count). The van der Waals surface area contributed by atoms with Gasteiger partial charge in [0.25, 0.3) is 0 Å². The predicted molar refractivity (Wildman–Crippen MR) is 61.1 cm³/mol. The van der Waals surface area contributed by atoms with Gasteiger partial charge in [0.15, 0.2) is 0 Å². The van der Waals surface area contributed by atoms with Crippen LogP contribution in [-0.2, 0) is 19.1 Å². The number of carbonyl (C=O) groups is 2. The molecule has 1 aliphatic heterocycles. The molecule has 0 N–H and O–H groups in total. The van der Waals surface area contributed by atoms with Crippen molar-refractivity contribution in [1.82, 2.24) is 0 Å². The van der Waals surface area contributed by atoms with Crippen LogP contribution in [-0.4, -0.2) is 23.1 Å². The fourth-order valence-electron chi connectivity index (χ4n) is 2.66. The summed E-state index contributed by atoms with van der Waals surface area (Å²) in [4.78, 5) is 23.3. The van der Waals surface area contributed by atoms with Crippen molar-refractivity contribution >= 4 is 11.9 Å². The molecule has 94 valence electrons. The van der Waals surface area contributed by atoms with Crippen LogP contribution in [0.5, 0.6) is 0 Å². The van der Waals surface area contributed by atoms with Gasteiger partial charge in [-0.05, 0) is 19.8 Å². The Morgan fingerprint density at radius 1 is 1.41 bits per heavy atom. The predicted octanol–water partition coefficient (Wildman–Crippen LogP) is 1.98. The molecule has 2 atom stereocenters. The van der Waals surface area contributed by atoms with E-state index in [0.29, 0.717) is 12.8 Å². The SMILES string of the molecule is C=CC(=O)OC12CCC(C)(C)C(C)(C1)OC2=O. The summed E-state index contributed by atoms with van der Waals surface area (Å²) in [5.41, 5.74) is -1.73. The molecule has 1 saturated carbocycles. The van der Waals surface area contributed by atoms with Crippen LogP contribution in [0.3, 0.4) is 0 Å². The Bertz CT molecular complexity index is 398. The second kappa shape index (κ2) is 3.34. The maximum atomic E-state index is 12.0. The van der Waals surface area contributed by atoms with Gasteiger partial charge in [-0.25, -0.2) is 9.59 Å². The molecule has 1 saturated heterocycles. The number of carbonyl (C=O) groups excluding carboxylic acids is 2. The third-order valence-corrected chi connectivity index (χ3v) is 4.36. The van der Waals surface area contributed by atoms with Crippen LogP contribution in [0.1, 0.15) is 40.0 Å². The topological polar surface area (TPSA) is 52.6 Å². The highest BCUT2D eigenvalue weighted by molar-refractivity contribution is 5.89. The largest absolute Gasteiger partial charge is 0.456 e. The van der Waals surface area contributed by atoms with Gasteiger partial charge in [-0.15, -0.1) is 0 Å². The number of esters is 2. The molecule has 2 unspecified atom stereocenters. The Balaban J connectivity index is 2.31. The fourth-order valence-corrected chi connectivity index (χ4v) is 2.66. The minimum Gasteiger partial charge on any atom is -0.456 e. The third kappa shape index (κ3) is 1.58. The van der Waals surface area contributed by atoms with Crippen molar-refractivity contribution in [2.24, 2.45) is 5.41 Å². The zero-order valence-corrected chi connectivity index (χ0v) is 10.5. The molecular formula is C13H18O4. The van der Waals surface area contributed by atoms with Gasteiger partial charge in [-0.2, -0.15) is 0 Å². The Labute approximate surface area is 101 Å². The standard InChI is InChI=1S/C13H18O4/c1-5-9(14)16-13-7-6-11(2,3)12(4,8-13)17-10(13)15/h5H,1,6-8H2,2-4H3. The van der Waals surface area contributed by atoms with Gasteiger partial charge in [0.1, 0.15) is 5.60 Å². The number of rotatable bonds is 2. The van der Waals surface area contributed by atoms with Crippen LogP contribution in [0, 0.1) is 5.41 Å². The minimum absolute atomic E-state index is 0.0940. The van der Waals surface area contributed by atoms with E-state index in [2.05, 4.69) is 20.4 Å². The Morgan fingerprint density at radius 3 is 2.65 bits per heavy atom. The summed E-state index contributed by atoms with van der Waals surface area (Å²) in [7, 11) is 0. The van der Waals surface area contributed by atoms with Crippen molar-refractivity contribution in [3.05, 3.63) is 12.7 Å². The fraction of sp³-hybridized carbons (Fsp3) is 0.692. The van der Waals surface area contributed by atoms with Crippen molar-refractivity contribution in [3.63, 3.8) is 0 Å². The Hall–Kier alpha value is -1.32. The van der Waals surface area contributed by atoms with Gasteiger partial charge in [-0.1, -0.05) is 20.4 Å². The lowest BCUT2D eigenvalue weighted by atomic mass is 9.63.